The fraction of sp³-hybridized carbons (Fsp3) is 0.455. The Labute approximate surface area is 84.5 Å². The van der Waals surface area contributed by atoms with Gasteiger partial charge in [0.25, 0.3) is 0 Å². The molecule has 78 valence electrons. The van der Waals surface area contributed by atoms with Gasteiger partial charge in [0.15, 0.2) is 5.82 Å². The Kier molecular flexibility index (Phi) is 3.89. The van der Waals surface area contributed by atoms with E-state index in [9.17, 15) is 4.39 Å². The van der Waals surface area contributed by atoms with Crippen LogP contribution in [0.15, 0.2) is 18.2 Å². The van der Waals surface area contributed by atoms with Crippen molar-refractivity contribution in [1.29, 1.82) is 0 Å². The molecule has 0 heterocycles. The van der Waals surface area contributed by atoms with Crippen molar-refractivity contribution in [2.24, 2.45) is 0 Å². The summed E-state index contributed by atoms with van der Waals surface area (Å²) in [6, 6.07) is 5.14. The molecule has 0 fully saturated rings. The first-order valence-corrected chi connectivity index (χ1v) is 4.86. The standard InChI is InChI=1S/C11H17FN2/c1-3-7-14(2)8-9-5-4-6-10(13)11(9)12/h4-6H,3,7-8,13H2,1-2H3. The molecule has 0 radical (unpaired) electrons. The quantitative estimate of drug-likeness (QED) is 0.748. The molecule has 0 aliphatic rings. The van der Waals surface area contributed by atoms with E-state index in [0.717, 1.165) is 13.0 Å². The predicted octanol–water partition coefficient (Wildman–Crippen LogP) is 2.25. The monoisotopic (exact) mass is 196 g/mol. The lowest BCUT2D eigenvalue weighted by atomic mass is 10.1. The van der Waals surface area contributed by atoms with Gasteiger partial charge >= 0.3 is 0 Å². The van der Waals surface area contributed by atoms with Crippen molar-refractivity contribution in [3.05, 3.63) is 29.6 Å². The van der Waals surface area contributed by atoms with E-state index in [-0.39, 0.29) is 11.5 Å². The number of anilines is 1. The van der Waals surface area contributed by atoms with E-state index in [0.29, 0.717) is 12.1 Å². The summed E-state index contributed by atoms with van der Waals surface area (Å²) >= 11 is 0. The number of nitrogens with two attached hydrogens (primary N) is 1. The molecule has 1 aromatic rings. The highest BCUT2D eigenvalue weighted by atomic mass is 19.1. The van der Waals surface area contributed by atoms with Crippen LogP contribution in [-0.4, -0.2) is 18.5 Å². The van der Waals surface area contributed by atoms with Crippen molar-refractivity contribution in [2.45, 2.75) is 19.9 Å². The van der Waals surface area contributed by atoms with Crippen LogP contribution in [0.3, 0.4) is 0 Å². The van der Waals surface area contributed by atoms with Gasteiger partial charge in [-0.3, -0.25) is 0 Å². The smallest absolute Gasteiger partial charge is 0.150 e. The van der Waals surface area contributed by atoms with Crippen molar-refractivity contribution in [2.75, 3.05) is 19.3 Å². The van der Waals surface area contributed by atoms with Crippen LogP contribution < -0.4 is 5.73 Å². The predicted molar refractivity (Wildman–Crippen MR) is 57.4 cm³/mol. The van der Waals surface area contributed by atoms with Gasteiger partial charge in [0.05, 0.1) is 5.69 Å². The molecule has 1 aromatic carbocycles. The largest absolute Gasteiger partial charge is 0.396 e. The maximum atomic E-state index is 13.5. The average Bonchev–Trinajstić information content (AvgIpc) is 2.13. The van der Waals surface area contributed by atoms with Crippen molar-refractivity contribution < 1.29 is 4.39 Å². The molecule has 2 N–H and O–H groups in total. The summed E-state index contributed by atoms with van der Waals surface area (Å²) in [7, 11) is 1.98. The van der Waals surface area contributed by atoms with Crippen molar-refractivity contribution in [1.82, 2.24) is 4.90 Å². The first-order chi connectivity index (χ1) is 6.65. The van der Waals surface area contributed by atoms with E-state index in [4.69, 9.17) is 5.73 Å². The van der Waals surface area contributed by atoms with Crippen LogP contribution in [-0.2, 0) is 6.54 Å². The lowest BCUT2D eigenvalue weighted by Gasteiger charge is -2.16. The second-order valence-electron chi connectivity index (χ2n) is 3.56. The van der Waals surface area contributed by atoms with Gasteiger partial charge in [-0.05, 0) is 26.1 Å². The molecule has 1 rings (SSSR count). The average molecular weight is 196 g/mol. The molecule has 0 amide bonds. The molecule has 14 heavy (non-hydrogen) atoms. The molecule has 0 aliphatic carbocycles. The van der Waals surface area contributed by atoms with Gasteiger partial charge in [0, 0.05) is 12.1 Å². The zero-order chi connectivity index (χ0) is 10.6. The number of hydrogen-bond donors (Lipinski definition) is 1. The number of halogens is 1. The Morgan fingerprint density at radius 1 is 1.43 bits per heavy atom. The van der Waals surface area contributed by atoms with E-state index in [1.807, 2.05) is 7.05 Å². The van der Waals surface area contributed by atoms with E-state index < -0.39 is 0 Å². The molecule has 0 bridgehead atoms. The minimum Gasteiger partial charge on any atom is -0.396 e. The van der Waals surface area contributed by atoms with Crippen LogP contribution in [0.4, 0.5) is 10.1 Å². The first-order valence-electron chi connectivity index (χ1n) is 4.86. The zero-order valence-corrected chi connectivity index (χ0v) is 8.76. The summed E-state index contributed by atoms with van der Waals surface area (Å²) in [4.78, 5) is 2.08. The molecule has 0 saturated carbocycles. The molecule has 0 aliphatic heterocycles. The highest BCUT2D eigenvalue weighted by molar-refractivity contribution is 5.42. The van der Waals surface area contributed by atoms with Gasteiger partial charge < -0.3 is 10.6 Å². The number of benzene rings is 1. The Hall–Kier alpha value is -1.09. The summed E-state index contributed by atoms with van der Waals surface area (Å²) in [6.07, 6.45) is 1.07. The third-order valence-electron chi connectivity index (χ3n) is 2.15. The van der Waals surface area contributed by atoms with E-state index >= 15 is 0 Å². The summed E-state index contributed by atoms with van der Waals surface area (Å²) in [5, 5.41) is 0. The Morgan fingerprint density at radius 3 is 2.79 bits per heavy atom. The summed E-state index contributed by atoms with van der Waals surface area (Å²) < 4.78 is 13.5. The van der Waals surface area contributed by atoms with Gasteiger partial charge in [0.1, 0.15) is 0 Å². The Balaban J connectivity index is 2.71. The lowest BCUT2D eigenvalue weighted by Crippen LogP contribution is -2.19. The topological polar surface area (TPSA) is 29.3 Å². The minimum atomic E-state index is -0.282. The van der Waals surface area contributed by atoms with Gasteiger partial charge in [-0.2, -0.15) is 0 Å². The summed E-state index contributed by atoms with van der Waals surface area (Å²) in [5.74, 6) is -0.282. The van der Waals surface area contributed by atoms with Crippen LogP contribution in [0.1, 0.15) is 18.9 Å². The van der Waals surface area contributed by atoms with Crippen LogP contribution in [0, 0.1) is 5.82 Å². The Bertz CT molecular complexity index is 299. The SMILES string of the molecule is CCCN(C)Cc1cccc(N)c1F. The van der Waals surface area contributed by atoms with E-state index in [1.54, 1.807) is 18.2 Å². The van der Waals surface area contributed by atoms with Gasteiger partial charge in [-0.15, -0.1) is 0 Å². The molecule has 0 spiro atoms. The molecular formula is C11H17FN2. The molecule has 0 aromatic heterocycles. The second kappa shape index (κ2) is 4.96. The third-order valence-corrected chi connectivity index (χ3v) is 2.15. The summed E-state index contributed by atoms with van der Waals surface area (Å²) in [6.45, 7) is 3.69. The van der Waals surface area contributed by atoms with Crippen molar-refractivity contribution in [3.8, 4) is 0 Å². The number of nitrogen functional groups attached to an aromatic ring is 1. The van der Waals surface area contributed by atoms with Gasteiger partial charge in [-0.1, -0.05) is 19.1 Å². The van der Waals surface area contributed by atoms with Crippen molar-refractivity contribution in [3.63, 3.8) is 0 Å². The fourth-order valence-electron chi connectivity index (χ4n) is 1.47. The molecule has 0 saturated heterocycles. The zero-order valence-electron chi connectivity index (χ0n) is 8.76. The van der Waals surface area contributed by atoms with Crippen molar-refractivity contribution >= 4 is 5.69 Å². The van der Waals surface area contributed by atoms with Gasteiger partial charge in [-0.25, -0.2) is 4.39 Å². The molecule has 0 unspecified atom stereocenters. The lowest BCUT2D eigenvalue weighted by molar-refractivity contribution is 0.322. The van der Waals surface area contributed by atoms with Crippen LogP contribution in [0.5, 0.6) is 0 Å². The summed E-state index contributed by atoms with van der Waals surface area (Å²) in [5.41, 5.74) is 6.37. The minimum absolute atomic E-state index is 0.229. The molecule has 0 atom stereocenters. The maximum Gasteiger partial charge on any atom is 0.150 e. The maximum absolute atomic E-state index is 13.5. The number of rotatable bonds is 4. The Morgan fingerprint density at radius 2 is 2.14 bits per heavy atom. The van der Waals surface area contributed by atoms with E-state index in [2.05, 4.69) is 11.8 Å². The van der Waals surface area contributed by atoms with E-state index in [1.165, 1.54) is 0 Å². The molecular weight excluding hydrogens is 179 g/mol. The highest BCUT2D eigenvalue weighted by Gasteiger charge is 2.06. The first kappa shape index (κ1) is 11.0. The second-order valence-corrected chi connectivity index (χ2v) is 3.56. The number of nitrogens with zero attached hydrogens (tertiary/aromatic N) is 1. The van der Waals surface area contributed by atoms with Crippen LogP contribution in [0.2, 0.25) is 0 Å². The van der Waals surface area contributed by atoms with Crippen LogP contribution in [0.25, 0.3) is 0 Å². The van der Waals surface area contributed by atoms with Crippen LogP contribution >= 0.6 is 0 Å². The fourth-order valence-corrected chi connectivity index (χ4v) is 1.47. The highest BCUT2D eigenvalue weighted by Crippen LogP contribution is 2.15. The third kappa shape index (κ3) is 2.70. The molecule has 3 heteroatoms. The normalized spacial score (nSPS) is 10.9. The van der Waals surface area contributed by atoms with Gasteiger partial charge in [0.2, 0.25) is 0 Å². The number of hydrogen-bond acceptors (Lipinski definition) is 2. The molecule has 2 nitrogen and oxygen atoms in total.